The molecular weight excluding hydrogens is 262 g/mol. The van der Waals surface area contributed by atoms with Gasteiger partial charge in [-0.1, -0.05) is 6.07 Å². The molecule has 16 heavy (non-hydrogen) atoms. The van der Waals surface area contributed by atoms with E-state index in [1.54, 1.807) is 6.07 Å². The molecule has 86 valence electrons. The molecule has 0 amide bonds. The minimum Gasteiger partial charge on any atom is -0.264 e. The summed E-state index contributed by atoms with van der Waals surface area (Å²) >= 11 is -0.249. The first-order valence-electron chi connectivity index (χ1n) is 4.15. The van der Waals surface area contributed by atoms with Crippen LogP contribution in [-0.2, 0) is 0 Å². The monoisotopic (exact) mass is 267 g/mol. The summed E-state index contributed by atoms with van der Waals surface area (Å²) in [4.78, 5) is 0.0500. The third kappa shape index (κ3) is 2.46. The van der Waals surface area contributed by atoms with E-state index in [1.165, 1.54) is 28.4 Å². The molecule has 0 aliphatic carbocycles. The van der Waals surface area contributed by atoms with E-state index in [4.69, 9.17) is 0 Å². The van der Waals surface area contributed by atoms with Crippen molar-refractivity contribution in [2.75, 3.05) is 0 Å². The van der Waals surface area contributed by atoms with Crippen LogP contribution in [-0.4, -0.2) is 9.48 Å². The molecule has 0 aliphatic heterocycles. The van der Waals surface area contributed by atoms with E-state index in [1.807, 2.05) is 0 Å². The van der Waals surface area contributed by atoms with E-state index in [-0.39, 0.29) is 29.0 Å². The van der Waals surface area contributed by atoms with Gasteiger partial charge in [-0.15, -0.1) is 3.89 Å². The van der Waals surface area contributed by atoms with Crippen molar-refractivity contribution >= 4 is 35.0 Å². The Morgan fingerprint density at radius 3 is 2.50 bits per heavy atom. The quantitative estimate of drug-likeness (QED) is 0.577. The minimum atomic E-state index is -4.33. The van der Waals surface area contributed by atoms with Crippen LogP contribution in [0.4, 0.5) is 17.1 Å². The van der Waals surface area contributed by atoms with Crippen molar-refractivity contribution in [2.45, 2.75) is 10.4 Å². The zero-order valence-electron chi connectivity index (χ0n) is 7.66. The van der Waals surface area contributed by atoms with Crippen LogP contribution in [0.25, 0.3) is 10.9 Å². The van der Waals surface area contributed by atoms with E-state index in [0.717, 1.165) is 0 Å². The van der Waals surface area contributed by atoms with Crippen molar-refractivity contribution < 1.29 is 17.1 Å². The molecule has 0 saturated carbocycles. The third-order valence-corrected chi connectivity index (χ3v) is 3.12. The maximum absolute atomic E-state index is 12.4. The van der Waals surface area contributed by atoms with Crippen LogP contribution in [0.2, 0.25) is 0 Å². The molecule has 1 nitrogen and oxygen atoms in total. The second kappa shape index (κ2) is 4.21. The normalized spacial score (nSPS) is 12.2. The first-order valence-corrected chi connectivity index (χ1v) is 5.64. The van der Waals surface area contributed by atoms with Gasteiger partial charge in [0.05, 0.1) is 5.52 Å². The topological polar surface area (TPSA) is 4.93 Å². The average Bonchev–Trinajstić information content (AvgIpc) is 2.57. The van der Waals surface area contributed by atoms with E-state index in [2.05, 4.69) is 0 Å². The lowest BCUT2D eigenvalue weighted by Gasteiger charge is -2.05. The Kier molecular flexibility index (Phi) is 3.07. The SMILES string of the molecule is FSn1ccc2ccc(SC(F)(F)F)cc21. The number of hydrogen-bond donors (Lipinski definition) is 0. The van der Waals surface area contributed by atoms with Crippen LogP contribution < -0.4 is 0 Å². The van der Waals surface area contributed by atoms with Gasteiger partial charge in [-0.05, 0) is 30.0 Å². The predicted molar refractivity (Wildman–Crippen MR) is 57.9 cm³/mol. The summed E-state index contributed by atoms with van der Waals surface area (Å²) in [6, 6.07) is 5.87. The molecule has 0 atom stereocenters. The van der Waals surface area contributed by atoms with Crippen LogP contribution in [0.1, 0.15) is 0 Å². The van der Waals surface area contributed by atoms with E-state index < -0.39 is 5.51 Å². The van der Waals surface area contributed by atoms with Crippen molar-refractivity contribution in [3.63, 3.8) is 0 Å². The maximum Gasteiger partial charge on any atom is 0.446 e. The summed E-state index contributed by atoms with van der Waals surface area (Å²) in [5.41, 5.74) is -3.89. The number of fused-ring (bicyclic) bond motifs is 1. The van der Waals surface area contributed by atoms with Gasteiger partial charge in [0.2, 0.25) is 0 Å². The summed E-state index contributed by atoms with van der Waals surface area (Å²) in [6.45, 7) is 0. The van der Waals surface area contributed by atoms with Gasteiger partial charge in [0, 0.05) is 16.5 Å². The molecule has 0 spiro atoms. The molecule has 1 aromatic heterocycles. The second-order valence-electron chi connectivity index (χ2n) is 2.98. The van der Waals surface area contributed by atoms with Gasteiger partial charge >= 0.3 is 5.51 Å². The number of alkyl halides is 3. The molecule has 0 radical (unpaired) electrons. The van der Waals surface area contributed by atoms with Gasteiger partial charge in [0.25, 0.3) is 0 Å². The van der Waals surface area contributed by atoms with Crippen LogP contribution in [0.15, 0.2) is 35.4 Å². The van der Waals surface area contributed by atoms with Crippen LogP contribution in [0, 0.1) is 0 Å². The summed E-state index contributed by atoms with van der Waals surface area (Å²) in [7, 11) is 0. The van der Waals surface area contributed by atoms with Crippen LogP contribution in [0.3, 0.4) is 0 Å². The van der Waals surface area contributed by atoms with E-state index >= 15 is 0 Å². The van der Waals surface area contributed by atoms with Gasteiger partial charge in [-0.25, -0.2) is 0 Å². The highest BCUT2D eigenvalue weighted by Crippen LogP contribution is 2.38. The fraction of sp³-hybridized carbons (Fsp3) is 0.111. The molecule has 1 heterocycles. The lowest BCUT2D eigenvalue weighted by molar-refractivity contribution is -0.0328. The molecule has 0 saturated heterocycles. The Hall–Kier alpha value is -0.820. The number of nitrogens with zero attached hydrogens (tertiary/aromatic N) is 1. The van der Waals surface area contributed by atoms with Crippen LogP contribution >= 0.6 is 24.1 Å². The lowest BCUT2D eigenvalue weighted by Crippen LogP contribution is -1.98. The zero-order chi connectivity index (χ0) is 11.8. The molecule has 0 unspecified atom stereocenters. The second-order valence-corrected chi connectivity index (χ2v) is 4.65. The number of hydrogen-bond acceptors (Lipinski definition) is 2. The molecule has 0 N–H and O–H groups in total. The number of rotatable bonds is 2. The molecule has 2 rings (SSSR count). The van der Waals surface area contributed by atoms with Crippen molar-refractivity contribution in [1.29, 1.82) is 0 Å². The maximum atomic E-state index is 12.4. The molecule has 7 heteroatoms. The Labute approximate surface area is 97.2 Å². The molecule has 0 fully saturated rings. The van der Waals surface area contributed by atoms with Crippen molar-refractivity contribution in [3.8, 4) is 0 Å². The van der Waals surface area contributed by atoms with Crippen molar-refractivity contribution in [2.24, 2.45) is 0 Å². The number of benzene rings is 1. The first-order chi connectivity index (χ1) is 7.49. The highest BCUT2D eigenvalue weighted by molar-refractivity contribution is 8.00. The number of thioether (sulfide) groups is 1. The number of aromatic nitrogens is 1. The number of halogens is 4. The van der Waals surface area contributed by atoms with Crippen LogP contribution in [0.5, 0.6) is 0 Å². The van der Waals surface area contributed by atoms with E-state index in [0.29, 0.717) is 10.9 Å². The molecule has 2 aromatic rings. The van der Waals surface area contributed by atoms with Gasteiger partial charge in [-0.2, -0.15) is 13.2 Å². The Morgan fingerprint density at radius 2 is 1.88 bits per heavy atom. The Bertz CT molecular complexity index is 506. The lowest BCUT2D eigenvalue weighted by atomic mass is 10.2. The Balaban J connectivity index is 2.42. The molecule has 0 aliphatic rings. The van der Waals surface area contributed by atoms with E-state index in [9.17, 15) is 17.1 Å². The average molecular weight is 267 g/mol. The minimum absolute atomic E-state index is 0.0422. The molecule has 0 bridgehead atoms. The largest absolute Gasteiger partial charge is 0.446 e. The summed E-state index contributed by atoms with van der Waals surface area (Å²) in [5.74, 6) is 0. The summed E-state index contributed by atoms with van der Waals surface area (Å²) in [5, 5.41) is 0.705. The zero-order valence-corrected chi connectivity index (χ0v) is 9.30. The highest BCUT2D eigenvalue weighted by Gasteiger charge is 2.29. The smallest absolute Gasteiger partial charge is 0.264 e. The first kappa shape index (κ1) is 11.7. The van der Waals surface area contributed by atoms with Crippen molar-refractivity contribution in [1.82, 2.24) is 3.97 Å². The fourth-order valence-corrected chi connectivity index (χ4v) is 2.25. The third-order valence-electron chi connectivity index (χ3n) is 1.94. The Morgan fingerprint density at radius 1 is 1.12 bits per heavy atom. The molecule has 1 aromatic carbocycles. The fourth-order valence-electron chi connectivity index (χ4n) is 1.34. The van der Waals surface area contributed by atoms with Gasteiger partial charge in [0.15, 0.2) is 12.3 Å². The summed E-state index contributed by atoms with van der Waals surface area (Å²) < 4.78 is 50.0. The standard InChI is InChI=1S/C9H5F4NS2/c10-9(11,12)15-7-2-1-6-3-4-14(16-13)8(6)5-7/h1-5H. The summed E-state index contributed by atoms with van der Waals surface area (Å²) in [6.07, 6.45) is 1.47. The van der Waals surface area contributed by atoms with Crippen molar-refractivity contribution in [3.05, 3.63) is 30.5 Å². The highest BCUT2D eigenvalue weighted by atomic mass is 32.2. The molecular formula is C9H5F4NS2. The van der Waals surface area contributed by atoms with Gasteiger partial charge < -0.3 is 0 Å². The predicted octanol–water partition coefficient (Wildman–Crippen LogP) is 4.63. The van der Waals surface area contributed by atoms with Gasteiger partial charge in [-0.3, -0.25) is 3.97 Å². The van der Waals surface area contributed by atoms with Gasteiger partial charge in [0.1, 0.15) is 0 Å².